The second-order valence-corrected chi connectivity index (χ2v) is 8.16. The summed E-state index contributed by atoms with van der Waals surface area (Å²) in [5, 5.41) is 12.1. The Balaban J connectivity index is 1.74. The molecule has 2 aromatic heterocycles. The monoisotopic (exact) mass is 416 g/mol. The van der Waals surface area contributed by atoms with Crippen LogP contribution in [0.5, 0.6) is 0 Å². The van der Waals surface area contributed by atoms with Crippen molar-refractivity contribution in [1.29, 1.82) is 0 Å². The summed E-state index contributed by atoms with van der Waals surface area (Å²) in [5.74, 6) is 1.37. The van der Waals surface area contributed by atoms with Gasteiger partial charge in [0.05, 0.1) is 18.1 Å². The SMILES string of the molecule is CCSc1nc(NCC(C)C)c2cnn(CCNC(=O)c3cccc(F)c3)c2n1. The molecule has 0 aliphatic heterocycles. The highest BCUT2D eigenvalue weighted by atomic mass is 32.2. The predicted octanol–water partition coefficient (Wildman–Crippen LogP) is 3.58. The summed E-state index contributed by atoms with van der Waals surface area (Å²) in [6, 6.07) is 5.62. The summed E-state index contributed by atoms with van der Waals surface area (Å²) in [6.07, 6.45) is 1.74. The molecule has 2 N–H and O–H groups in total. The normalized spacial score (nSPS) is 11.2. The van der Waals surface area contributed by atoms with Gasteiger partial charge in [0.1, 0.15) is 11.6 Å². The molecule has 1 amide bonds. The van der Waals surface area contributed by atoms with Crippen LogP contribution in [0.25, 0.3) is 11.0 Å². The van der Waals surface area contributed by atoms with E-state index < -0.39 is 5.82 Å². The summed E-state index contributed by atoms with van der Waals surface area (Å²) < 4.78 is 15.0. The minimum atomic E-state index is -0.435. The number of nitrogens with one attached hydrogen (secondary N) is 2. The summed E-state index contributed by atoms with van der Waals surface area (Å²) >= 11 is 1.57. The van der Waals surface area contributed by atoms with Gasteiger partial charge in [-0.2, -0.15) is 5.10 Å². The van der Waals surface area contributed by atoms with Crippen LogP contribution in [0.15, 0.2) is 35.6 Å². The molecule has 3 rings (SSSR count). The van der Waals surface area contributed by atoms with Crippen LogP contribution in [0, 0.1) is 11.7 Å². The third kappa shape index (κ3) is 5.44. The van der Waals surface area contributed by atoms with Gasteiger partial charge in [0, 0.05) is 18.7 Å². The third-order valence-corrected chi connectivity index (χ3v) is 4.85. The summed E-state index contributed by atoms with van der Waals surface area (Å²) in [5.41, 5.74) is 1.02. The minimum absolute atomic E-state index is 0.291. The Bertz CT molecular complexity index is 990. The van der Waals surface area contributed by atoms with E-state index in [1.807, 2.05) is 0 Å². The number of aromatic nitrogens is 4. The average Bonchev–Trinajstić information content (AvgIpc) is 3.09. The molecule has 0 radical (unpaired) electrons. The van der Waals surface area contributed by atoms with Gasteiger partial charge in [0.15, 0.2) is 10.8 Å². The third-order valence-electron chi connectivity index (χ3n) is 4.12. The number of anilines is 1. The van der Waals surface area contributed by atoms with Crippen molar-refractivity contribution in [1.82, 2.24) is 25.1 Å². The maximum Gasteiger partial charge on any atom is 0.251 e. The van der Waals surface area contributed by atoms with Crippen molar-refractivity contribution in [2.75, 3.05) is 24.2 Å². The molecule has 0 saturated carbocycles. The van der Waals surface area contributed by atoms with Gasteiger partial charge in [0.25, 0.3) is 5.91 Å². The van der Waals surface area contributed by atoms with Crippen molar-refractivity contribution in [2.24, 2.45) is 5.92 Å². The van der Waals surface area contributed by atoms with Crippen LogP contribution < -0.4 is 10.6 Å². The molecular formula is C20H25FN6OS. The number of rotatable bonds is 9. The van der Waals surface area contributed by atoms with E-state index in [1.165, 1.54) is 18.2 Å². The number of benzene rings is 1. The molecule has 2 heterocycles. The first-order valence-electron chi connectivity index (χ1n) is 9.62. The van der Waals surface area contributed by atoms with Crippen molar-refractivity contribution in [3.05, 3.63) is 41.8 Å². The first-order chi connectivity index (χ1) is 14.0. The highest BCUT2D eigenvalue weighted by Gasteiger charge is 2.14. The van der Waals surface area contributed by atoms with E-state index >= 15 is 0 Å². The number of fused-ring (bicyclic) bond motifs is 1. The average molecular weight is 417 g/mol. The Hall–Kier alpha value is -2.68. The predicted molar refractivity (Wildman–Crippen MR) is 114 cm³/mol. The molecule has 154 valence electrons. The minimum Gasteiger partial charge on any atom is -0.369 e. The van der Waals surface area contributed by atoms with Crippen LogP contribution in [0.2, 0.25) is 0 Å². The molecular weight excluding hydrogens is 391 g/mol. The molecule has 1 aromatic carbocycles. The molecule has 0 aliphatic rings. The molecule has 0 spiro atoms. The second kappa shape index (κ2) is 9.69. The zero-order valence-electron chi connectivity index (χ0n) is 16.8. The van der Waals surface area contributed by atoms with E-state index in [4.69, 9.17) is 0 Å². The summed E-state index contributed by atoms with van der Waals surface area (Å²) in [4.78, 5) is 21.4. The van der Waals surface area contributed by atoms with Gasteiger partial charge >= 0.3 is 0 Å². The number of carbonyl (C=O) groups is 1. The summed E-state index contributed by atoms with van der Waals surface area (Å²) in [7, 11) is 0. The molecule has 0 fully saturated rings. The van der Waals surface area contributed by atoms with Crippen molar-refractivity contribution >= 4 is 34.5 Å². The van der Waals surface area contributed by atoms with Gasteiger partial charge in [0.2, 0.25) is 0 Å². The lowest BCUT2D eigenvalue weighted by molar-refractivity contribution is 0.0951. The van der Waals surface area contributed by atoms with Crippen molar-refractivity contribution < 1.29 is 9.18 Å². The van der Waals surface area contributed by atoms with Gasteiger partial charge in [-0.3, -0.25) is 4.79 Å². The molecule has 7 nitrogen and oxygen atoms in total. The Morgan fingerprint density at radius 1 is 1.31 bits per heavy atom. The van der Waals surface area contributed by atoms with Crippen LogP contribution in [0.4, 0.5) is 10.2 Å². The van der Waals surface area contributed by atoms with Gasteiger partial charge in [-0.05, 0) is 29.9 Å². The Kier molecular flexibility index (Phi) is 7.03. The molecule has 0 unspecified atom stereocenters. The number of halogens is 1. The van der Waals surface area contributed by atoms with E-state index in [1.54, 1.807) is 28.7 Å². The lowest BCUT2D eigenvalue weighted by Crippen LogP contribution is -2.27. The van der Waals surface area contributed by atoms with Crippen LogP contribution in [-0.2, 0) is 6.54 Å². The fraction of sp³-hybridized carbons (Fsp3) is 0.400. The number of nitrogens with zero attached hydrogens (tertiary/aromatic N) is 4. The highest BCUT2D eigenvalue weighted by Crippen LogP contribution is 2.24. The maximum absolute atomic E-state index is 13.3. The first-order valence-corrected chi connectivity index (χ1v) is 10.6. The fourth-order valence-electron chi connectivity index (χ4n) is 2.74. The van der Waals surface area contributed by atoms with E-state index in [0.29, 0.717) is 29.7 Å². The maximum atomic E-state index is 13.3. The molecule has 0 aliphatic carbocycles. The lowest BCUT2D eigenvalue weighted by Gasteiger charge is -2.11. The smallest absolute Gasteiger partial charge is 0.251 e. The van der Waals surface area contributed by atoms with Crippen LogP contribution in [-0.4, -0.2) is 44.5 Å². The molecule has 0 bridgehead atoms. The van der Waals surface area contributed by atoms with Gasteiger partial charge < -0.3 is 10.6 Å². The zero-order valence-corrected chi connectivity index (χ0v) is 17.6. The quantitative estimate of drug-likeness (QED) is 0.410. The van der Waals surface area contributed by atoms with E-state index in [0.717, 1.165) is 29.1 Å². The largest absolute Gasteiger partial charge is 0.369 e. The van der Waals surface area contributed by atoms with E-state index in [2.05, 4.69) is 46.5 Å². The molecule has 0 saturated heterocycles. The molecule has 29 heavy (non-hydrogen) atoms. The molecule has 3 aromatic rings. The zero-order chi connectivity index (χ0) is 20.8. The van der Waals surface area contributed by atoms with Crippen LogP contribution >= 0.6 is 11.8 Å². The topological polar surface area (TPSA) is 84.7 Å². The van der Waals surface area contributed by atoms with E-state index in [-0.39, 0.29) is 5.91 Å². The fourth-order valence-corrected chi connectivity index (χ4v) is 3.30. The second-order valence-electron chi connectivity index (χ2n) is 6.93. The van der Waals surface area contributed by atoms with Crippen molar-refractivity contribution in [2.45, 2.75) is 32.5 Å². The Labute approximate surface area is 173 Å². The number of carbonyl (C=O) groups excluding carboxylic acids is 1. The van der Waals surface area contributed by atoms with Crippen LogP contribution in [0.3, 0.4) is 0 Å². The number of hydrogen-bond acceptors (Lipinski definition) is 6. The molecule has 0 atom stereocenters. The Morgan fingerprint density at radius 2 is 2.14 bits per heavy atom. The van der Waals surface area contributed by atoms with Gasteiger partial charge in [-0.1, -0.05) is 38.6 Å². The summed E-state index contributed by atoms with van der Waals surface area (Å²) in [6.45, 7) is 7.92. The highest BCUT2D eigenvalue weighted by molar-refractivity contribution is 7.99. The standard InChI is InChI=1S/C20H25FN6OS/c1-4-29-20-25-17(23-11-13(2)3)16-12-24-27(18(16)26-20)9-8-22-19(28)14-6-5-7-15(21)10-14/h5-7,10,12-13H,4,8-9,11H2,1-3H3,(H,22,28)(H,23,25,26). The number of thioether (sulfide) groups is 1. The van der Waals surface area contributed by atoms with Crippen LogP contribution in [0.1, 0.15) is 31.1 Å². The number of hydrogen-bond donors (Lipinski definition) is 2. The Morgan fingerprint density at radius 3 is 2.86 bits per heavy atom. The molecule has 9 heteroatoms. The van der Waals surface area contributed by atoms with Gasteiger partial charge in [-0.15, -0.1) is 0 Å². The van der Waals surface area contributed by atoms with E-state index in [9.17, 15) is 9.18 Å². The van der Waals surface area contributed by atoms with Gasteiger partial charge in [-0.25, -0.2) is 19.0 Å². The first kappa shape index (κ1) is 21.0. The van der Waals surface area contributed by atoms with Crippen molar-refractivity contribution in [3.8, 4) is 0 Å². The number of amides is 1. The lowest BCUT2D eigenvalue weighted by atomic mass is 10.2. The van der Waals surface area contributed by atoms with Crippen molar-refractivity contribution in [3.63, 3.8) is 0 Å².